The van der Waals surface area contributed by atoms with Gasteiger partial charge in [-0.2, -0.15) is 0 Å². The summed E-state index contributed by atoms with van der Waals surface area (Å²) < 4.78 is 20.4. The summed E-state index contributed by atoms with van der Waals surface area (Å²) >= 11 is 0. The second-order valence-electron chi connectivity index (χ2n) is 8.22. The third-order valence-corrected chi connectivity index (χ3v) is 6.20. The van der Waals surface area contributed by atoms with Crippen LogP contribution < -0.4 is 9.80 Å². The highest BCUT2D eigenvalue weighted by molar-refractivity contribution is 5.74. The summed E-state index contributed by atoms with van der Waals surface area (Å²) in [7, 11) is 2.03. The lowest BCUT2D eigenvalue weighted by atomic mass is 10.0. The van der Waals surface area contributed by atoms with Gasteiger partial charge in [-0.1, -0.05) is 0 Å². The molecule has 31 heavy (non-hydrogen) atoms. The molecule has 0 aliphatic carbocycles. The quantitative estimate of drug-likeness (QED) is 0.540. The van der Waals surface area contributed by atoms with E-state index in [2.05, 4.69) is 28.7 Å². The normalized spacial score (nSPS) is 22.6. The highest BCUT2D eigenvalue weighted by Gasteiger charge is 2.31. The summed E-state index contributed by atoms with van der Waals surface area (Å²) in [5.41, 5.74) is 0.727. The highest BCUT2D eigenvalue weighted by Crippen LogP contribution is 2.36. The summed E-state index contributed by atoms with van der Waals surface area (Å²) in [4.78, 5) is 26.2. The fraction of sp³-hybridized carbons (Fsp3) is 0.524. The van der Waals surface area contributed by atoms with Crippen LogP contribution in [0.25, 0.3) is 11.1 Å². The Morgan fingerprint density at radius 1 is 1.10 bits per heavy atom. The molecule has 0 radical (unpaired) electrons. The van der Waals surface area contributed by atoms with Crippen molar-refractivity contribution in [2.45, 2.75) is 25.9 Å². The summed E-state index contributed by atoms with van der Waals surface area (Å²) in [6, 6.07) is 2.97. The zero-order valence-electron chi connectivity index (χ0n) is 18.0. The van der Waals surface area contributed by atoms with Crippen LogP contribution >= 0.6 is 0 Å². The number of nitrogens with zero attached hydrogens (tertiary/aromatic N) is 6. The molecule has 2 aliphatic rings. The van der Waals surface area contributed by atoms with E-state index in [-0.39, 0.29) is 23.3 Å². The van der Waals surface area contributed by atoms with Crippen molar-refractivity contribution in [3.05, 3.63) is 40.5 Å². The van der Waals surface area contributed by atoms with E-state index in [1.165, 1.54) is 24.5 Å². The molecule has 2 saturated heterocycles. The van der Waals surface area contributed by atoms with Crippen molar-refractivity contribution in [3.8, 4) is 11.1 Å². The standard InChI is InChI=1S/C21H27FN6O3/c1-14-12-27(13-15(2)25(14)3)19-9-18(22)17(8-20(19)28(29)30)16-10-23-21(24-11-16)26-4-6-31-7-5-26/h8-11,14-15H,4-7,12-13H2,1-3H3. The van der Waals surface area contributed by atoms with Crippen LogP contribution in [0.1, 0.15) is 13.8 Å². The molecular weight excluding hydrogens is 403 g/mol. The molecule has 4 rings (SSSR count). The molecule has 1 aromatic carbocycles. The van der Waals surface area contributed by atoms with Crippen molar-refractivity contribution >= 4 is 17.3 Å². The van der Waals surface area contributed by atoms with Crippen molar-refractivity contribution in [2.24, 2.45) is 0 Å². The fourth-order valence-electron chi connectivity index (χ4n) is 4.16. The summed E-state index contributed by atoms with van der Waals surface area (Å²) in [5, 5.41) is 11.8. The Morgan fingerprint density at radius 3 is 2.29 bits per heavy atom. The van der Waals surface area contributed by atoms with E-state index in [1.54, 1.807) is 0 Å². The maximum absolute atomic E-state index is 15.1. The van der Waals surface area contributed by atoms with Crippen LogP contribution in [0, 0.1) is 15.9 Å². The van der Waals surface area contributed by atoms with Gasteiger partial charge in [0.2, 0.25) is 5.95 Å². The Labute approximate surface area is 180 Å². The molecule has 0 amide bonds. The van der Waals surface area contributed by atoms with Crippen molar-refractivity contribution < 1.29 is 14.1 Å². The number of morpholine rings is 1. The number of anilines is 2. The number of nitro groups is 1. The summed E-state index contributed by atoms with van der Waals surface area (Å²) in [5.74, 6) is 0.0153. The van der Waals surface area contributed by atoms with Gasteiger partial charge in [-0.05, 0) is 20.9 Å². The predicted molar refractivity (Wildman–Crippen MR) is 116 cm³/mol. The van der Waals surface area contributed by atoms with Crippen molar-refractivity contribution in [2.75, 3.05) is 56.2 Å². The first-order valence-corrected chi connectivity index (χ1v) is 10.4. The van der Waals surface area contributed by atoms with E-state index < -0.39 is 10.7 Å². The minimum absolute atomic E-state index is 0.113. The third-order valence-electron chi connectivity index (χ3n) is 6.20. The molecule has 166 valence electrons. The van der Waals surface area contributed by atoms with Crippen LogP contribution in [0.2, 0.25) is 0 Å². The Bertz CT molecular complexity index is 939. The Hall–Kier alpha value is -2.85. The fourth-order valence-corrected chi connectivity index (χ4v) is 4.16. The average Bonchev–Trinajstić information content (AvgIpc) is 2.77. The number of aromatic nitrogens is 2. The molecule has 9 nitrogen and oxygen atoms in total. The van der Waals surface area contributed by atoms with E-state index >= 15 is 4.39 Å². The van der Waals surface area contributed by atoms with Crippen LogP contribution in [0.3, 0.4) is 0 Å². The average molecular weight is 430 g/mol. The van der Waals surface area contributed by atoms with Crippen molar-refractivity contribution in [3.63, 3.8) is 0 Å². The number of halogens is 1. The molecule has 2 aromatic rings. The van der Waals surface area contributed by atoms with E-state index in [1.807, 2.05) is 16.8 Å². The SMILES string of the molecule is CC1CN(c2cc(F)c(-c3cnc(N4CCOCC4)nc3)cc2[N+](=O)[O-])CC(C)N1C. The zero-order chi connectivity index (χ0) is 22.1. The van der Waals surface area contributed by atoms with Crippen LogP contribution in [-0.4, -0.2) is 78.3 Å². The zero-order valence-corrected chi connectivity index (χ0v) is 18.0. The molecule has 0 N–H and O–H groups in total. The van der Waals surface area contributed by atoms with Crippen LogP contribution in [0.15, 0.2) is 24.5 Å². The Morgan fingerprint density at radius 2 is 1.71 bits per heavy atom. The summed E-state index contributed by atoms with van der Waals surface area (Å²) in [6.07, 6.45) is 3.03. The number of likely N-dealkylation sites (N-methyl/N-ethyl adjacent to an activating group) is 1. The predicted octanol–water partition coefficient (Wildman–Crippen LogP) is 2.56. The van der Waals surface area contributed by atoms with E-state index in [9.17, 15) is 10.1 Å². The van der Waals surface area contributed by atoms with E-state index in [0.29, 0.717) is 56.6 Å². The monoisotopic (exact) mass is 430 g/mol. The highest BCUT2D eigenvalue weighted by atomic mass is 19.1. The number of benzene rings is 1. The van der Waals surface area contributed by atoms with Gasteiger partial charge >= 0.3 is 0 Å². The second kappa shape index (κ2) is 8.72. The van der Waals surface area contributed by atoms with Crippen LogP contribution in [0.5, 0.6) is 0 Å². The molecule has 0 bridgehead atoms. The minimum atomic E-state index is -0.525. The van der Waals surface area contributed by atoms with Crippen molar-refractivity contribution in [1.29, 1.82) is 0 Å². The van der Waals surface area contributed by atoms with Gasteiger partial charge in [0.25, 0.3) is 5.69 Å². The van der Waals surface area contributed by atoms with Gasteiger partial charge in [-0.3, -0.25) is 15.0 Å². The van der Waals surface area contributed by atoms with Crippen LogP contribution in [0.4, 0.5) is 21.7 Å². The molecule has 3 heterocycles. The number of nitro benzene ring substituents is 1. The molecule has 1 aromatic heterocycles. The van der Waals surface area contributed by atoms with E-state index in [4.69, 9.17) is 4.74 Å². The lowest BCUT2D eigenvalue weighted by Crippen LogP contribution is -2.55. The van der Waals surface area contributed by atoms with Gasteiger partial charge in [-0.15, -0.1) is 0 Å². The summed E-state index contributed by atoms with van der Waals surface area (Å²) in [6.45, 7) is 7.91. The number of hydrogen-bond donors (Lipinski definition) is 0. The molecule has 0 saturated carbocycles. The molecule has 2 aliphatic heterocycles. The second-order valence-corrected chi connectivity index (χ2v) is 8.22. The largest absolute Gasteiger partial charge is 0.378 e. The maximum atomic E-state index is 15.1. The maximum Gasteiger partial charge on any atom is 0.293 e. The molecule has 0 spiro atoms. The first-order chi connectivity index (χ1) is 14.8. The first-order valence-electron chi connectivity index (χ1n) is 10.4. The number of rotatable bonds is 4. The lowest BCUT2D eigenvalue weighted by molar-refractivity contribution is -0.384. The number of piperazine rings is 1. The van der Waals surface area contributed by atoms with Gasteiger partial charge in [0, 0.05) is 73.9 Å². The van der Waals surface area contributed by atoms with E-state index in [0.717, 1.165) is 0 Å². The van der Waals surface area contributed by atoms with Gasteiger partial charge in [0.15, 0.2) is 0 Å². The van der Waals surface area contributed by atoms with Crippen molar-refractivity contribution in [1.82, 2.24) is 14.9 Å². The third kappa shape index (κ3) is 4.31. The molecule has 2 fully saturated rings. The number of hydrogen-bond acceptors (Lipinski definition) is 8. The molecule has 10 heteroatoms. The Balaban J connectivity index is 1.65. The Kier molecular flexibility index (Phi) is 6.01. The van der Waals surface area contributed by atoms with Gasteiger partial charge in [-0.25, -0.2) is 14.4 Å². The van der Waals surface area contributed by atoms with Gasteiger partial charge in [0.05, 0.1) is 18.1 Å². The minimum Gasteiger partial charge on any atom is -0.378 e. The van der Waals surface area contributed by atoms with Crippen LogP contribution in [-0.2, 0) is 4.74 Å². The topological polar surface area (TPSA) is 87.9 Å². The molecule has 2 unspecified atom stereocenters. The van der Waals surface area contributed by atoms with Gasteiger partial charge < -0.3 is 14.5 Å². The molecule has 2 atom stereocenters. The number of ether oxygens (including phenoxy) is 1. The first kappa shape index (κ1) is 21.4. The van der Waals surface area contributed by atoms with Gasteiger partial charge in [0.1, 0.15) is 11.5 Å². The molecular formula is C21H27FN6O3. The smallest absolute Gasteiger partial charge is 0.293 e. The lowest BCUT2D eigenvalue weighted by Gasteiger charge is -2.43.